The Morgan fingerprint density at radius 1 is 1.27 bits per heavy atom. The molecule has 1 N–H and O–H groups in total. The third-order valence-corrected chi connectivity index (χ3v) is 4.00. The van der Waals surface area contributed by atoms with Gasteiger partial charge in [-0.15, -0.1) is 0 Å². The van der Waals surface area contributed by atoms with E-state index in [9.17, 15) is 37.7 Å². The summed E-state index contributed by atoms with van der Waals surface area (Å²) < 4.78 is 43.5. The molecule has 1 heterocycles. The van der Waals surface area contributed by atoms with Crippen LogP contribution in [0.2, 0.25) is 5.02 Å². The van der Waals surface area contributed by atoms with Gasteiger partial charge in [0.15, 0.2) is 0 Å². The maximum Gasteiger partial charge on any atom is 0.421 e. The Balaban J connectivity index is 1.87. The number of pyridine rings is 1. The first-order valence-corrected chi connectivity index (χ1v) is 8.53. The molecule has 0 aliphatic carbocycles. The molecular formula is C17H13ClF3N3O6. The molecule has 0 fully saturated rings. The van der Waals surface area contributed by atoms with Gasteiger partial charge in [0.25, 0.3) is 17.2 Å². The Labute approximate surface area is 171 Å². The fourth-order valence-electron chi connectivity index (χ4n) is 2.29. The summed E-state index contributed by atoms with van der Waals surface area (Å²) in [4.78, 5) is 45.5. The van der Waals surface area contributed by atoms with Crippen LogP contribution in [0.3, 0.4) is 0 Å². The van der Waals surface area contributed by atoms with Gasteiger partial charge in [-0.1, -0.05) is 11.6 Å². The molecule has 0 aliphatic rings. The zero-order valence-electron chi connectivity index (χ0n) is 14.9. The predicted molar refractivity (Wildman–Crippen MR) is 97.1 cm³/mol. The molecule has 1 aromatic carbocycles. The van der Waals surface area contributed by atoms with Crippen LogP contribution in [0.25, 0.3) is 0 Å². The number of esters is 1. The van der Waals surface area contributed by atoms with Crippen molar-refractivity contribution in [3.8, 4) is 0 Å². The van der Waals surface area contributed by atoms with Gasteiger partial charge in [0, 0.05) is 18.3 Å². The van der Waals surface area contributed by atoms with Gasteiger partial charge in [-0.2, -0.15) is 13.2 Å². The van der Waals surface area contributed by atoms with Crippen molar-refractivity contribution in [1.82, 2.24) is 9.88 Å². The zero-order chi connectivity index (χ0) is 22.5. The lowest BCUT2D eigenvalue weighted by atomic mass is 10.2. The first kappa shape index (κ1) is 22.9. The van der Waals surface area contributed by atoms with Crippen LogP contribution in [0.15, 0.2) is 41.3 Å². The normalized spacial score (nSPS) is 11.1. The van der Waals surface area contributed by atoms with E-state index in [2.05, 4.69) is 5.32 Å². The van der Waals surface area contributed by atoms with Crippen LogP contribution in [0.5, 0.6) is 0 Å². The summed E-state index contributed by atoms with van der Waals surface area (Å²) in [5.41, 5.74) is -3.13. The number of nitrogens with zero attached hydrogens (tertiary/aromatic N) is 2. The van der Waals surface area contributed by atoms with Gasteiger partial charge in [0.05, 0.1) is 22.1 Å². The number of nitrogens with one attached hydrogen (secondary N) is 1. The van der Waals surface area contributed by atoms with Crippen LogP contribution in [-0.2, 0) is 22.3 Å². The van der Waals surface area contributed by atoms with Crippen LogP contribution < -0.4 is 10.9 Å². The van der Waals surface area contributed by atoms with E-state index in [4.69, 9.17) is 16.3 Å². The summed E-state index contributed by atoms with van der Waals surface area (Å²) in [6, 6.07) is 4.83. The molecule has 0 aliphatic heterocycles. The molecule has 0 atom stereocenters. The highest BCUT2D eigenvalue weighted by Crippen LogP contribution is 2.26. The van der Waals surface area contributed by atoms with E-state index in [0.29, 0.717) is 10.6 Å². The minimum absolute atomic E-state index is 0.0379. The number of nitro groups is 1. The molecule has 0 radical (unpaired) electrons. The van der Waals surface area contributed by atoms with E-state index in [1.54, 1.807) is 0 Å². The van der Waals surface area contributed by atoms with Crippen LogP contribution >= 0.6 is 11.6 Å². The van der Waals surface area contributed by atoms with Gasteiger partial charge in [-0.25, -0.2) is 0 Å². The first-order valence-electron chi connectivity index (χ1n) is 8.15. The van der Waals surface area contributed by atoms with Gasteiger partial charge in [-0.3, -0.25) is 24.5 Å². The third kappa shape index (κ3) is 5.80. The maximum absolute atomic E-state index is 12.7. The summed E-state index contributed by atoms with van der Waals surface area (Å²) in [5.74, 6) is -1.67. The van der Waals surface area contributed by atoms with Gasteiger partial charge in [0.2, 0.25) is 0 Å². The van der Waals surface area contributed by atoms with Crippen molar-refractivity contribution in [2.24, 2.45) is 0 Å². The number of carbonyl (C=O) groups excluding carboxylic acids is 2. The number of non-ortho nitro benzene ring substituents is 1. The number of rotatable bonds is 7. The molecule has 0 saturated heterocycles. The maximum atomic E-state index is 12.7. The molecule has 0 saturated carbocycles. The van der Waals surface area contributed by atoms with Gasteiger partial charge in [0.1, 0.15) is 18.7 Å². The lowest BCUT2D eigenvalue weighted by Gasteiger charge is -2.11. The average Bonchev–Trinajstić information content (AvgIpc) is 2.65. The number of benzene rings is 1. The molecule has 1 aromatic heterocycles. The first-order chi connectivity index (χ1) is 14.0. The number of hydrogen-bond acceptors (Lipinski definition) is 6. The smallest absolute Gasteiger partial charge is 0.421 e. The number of hydrogen-bond donors (Lipinski definition) is 1. The largest absolute Gasteiger partial charge is 0.462 e. The van der Waals surface area contributed by atoms with E-state index in [0.717, 1.165) is 30.5 Å². The monoisotopic (exact) mass is 447 g/mol. The second-order valence-electron chi connectivity index (χ2n) is 5.75. The molecule has 2 aromatic rings. The second-order valence-corrected chi connectivity index (χ2v) is 6.16. The molecule has 0 bridgehead atoms. The highest BCUT2D eigenvalue weighted by atomic mass is 35.5. The van der Waals surface area contributed by atoms with Crippen molar-refractivity contribution in [3.63, 3.8) is 0 Å². The van der Waals surface area contributed by atoms with Crippen molar-refractivity contribution in [1.29, 1.82) is 0 Å². The quantitative estimate of drug-likeness (QED) is 0.301. The topological polar surface area (TPSA) is 121 Å². The standard InChI is InChI=1S/C17H13ClF3N3O6/c18-13-8-10(24(28)29)3-4-11(13)15(26)22-5-7-30-14(25)9-23-6-1-2-12(16(23)27)17(19,20)21/h1-4,6,8H,5,7,9H2,(H,22,26). The Hall–Kier alpha value is -3.41. The van der Waals surface area contributed by atoms with Gasteiger partial charge >= 0.3 is 12.1 Å². The van der Waals surface area contributed by atoms with Crippen LogP contribution in [0.4, 0.5) is 18.9 Å². The molecule has 9 nitrogen and oxygen atoms in total. The van der Waals surface area contributed by atoms with Crippen molar-refractivity contribution in [3.05, 3.63) is 73.1 Å². The van der Waals surface area contributed by atoms with Crippen LogP contribution in [0.1, 0.15) is 15.9 Å². The summed E-state index contributed by atoms with van der Waals surface area (Å²) >= 11 is 5.82. The predicted octanol–water partition coefficient (Wildman–Crippen LogP) is 2.40. The summed E-state index contributed by atoms with van der Waals surface area (Å²) in [5, 5.41) is 12.9. The second kappa shape index (κ2) is 9.39. The number of nitro benzene ring substituents is 1. The highest BCUT2D eigenvalue weighted by molar-refractivity contribution is 6.34. The van der Waals surface area contributed by atoms with Crippen LogP contribution in [-0.4, -0.2) is 34.5 Å². The Kier molecular flexibility index (Phi) is 7.16. The van der Waals surface area contributed by atoms with Crippen molar-refractivity contribution >= 4 is 29.2 Å². The molecule has 0 spiro atoms. The van der Waals surface area contributed by atoms with E-state index in [-0.39, 0.29) is 29.4 Å². The van der Waals surface area contributed by atoms with E-state index in [1.165, 1.54) is 0 Å². The molecule has 2 rings (SSSR count). The number of ether oxygens (including phenoxy) is 1. The fraction of sp³-hybridized carbons (Fsp3) is 0.235. The summed E-state index contributed by atoms with van der Waals surface area (Å²) in [7, 11) is 0. The molecular weight excluding hydrogens is 435 g/mol. The molecule has 0 unspecified atom stereocenters. The van der Waals surface area contributed by atoms with E-state index in [1.807, 2.05) is 0 Å². The number of aromatic nitrogens is 1. The number of amides is 1. The average molecular weight is 448 g/mol. The van der Waals surface area contributed by atoms with Crippen LogP contribution in [0, 0.1) is 10.1 Å². The minimum Gasteiger partial charge on any atom is -0.462 e. The van der Waals surface area contributed by atoms with Gasteiger partial charge < -0.3 is 14.6 Å². The lowest BCUT2D eigenvalue weighted by molar-refractivity contribution is -0.384. The SMILES string of the molecule is O=C(Cn1cccc(C(F)(F)F)c1=O)OCCNC(=O)c1ccc([N+](=O)[O-])cc1Cl. The fourth-order valence-corrected chi connectivity index (χ4v) is 2.55. The lowest BCUT2D eigenvalue weighted by Crippen LogP contribution is -2.32. The number of carbonyl (C=O) groups is 2. The van der Waals surface area contributed by atoms with Crippen molar-refractivity contribution in [2.45, 2.75) is 12.7 Å². The molecule has 160 valence electrons. The summed E-state index contributed by atoms with van der Waals surface area (Å²) in [6.07, 6.45) is -3.84. The third-order valence-electron chi connectivity index (χ3n) is 3.68. The van der Waals surface area contributed by atoms with Crippen molar-refractivity contribution < 1.29 is 32.4 Å². The van der Waals surface area contributed by atoms with Gasteiger partial charge in [-0.05, 0) is 18.2 Å². The van der Waals surface area contributed by atoms with E-state index < -0.39 is 40.6 Å². The summed E-state index contributed by atoms with van der Waals surface area (Å²) in [6.45, 7) is -1.25. The minimum atomic E-state index is -4.85. The number of alkyl halides is 3. The zero-order valence-corrected chi connectivity index (χ0v) is 15.7. The Morgan fingerprint density at radius 3 is 2.57 bits per heavy atom. The van der Waals surface area contributed by atoms with E-state index >= 15 is 0 Å². The van der Waals surface area contributed by atoms with Crippen molar-refractivity contribution in [2.75, 3.05) is 13.2 Å². The Bertz CT molecular complexity index is 1040. The highest BCUT2D eigenvalue weighted by Gasteiger charge is 2.34. The molecule has 30 heavy (non-hydrogen) atoms. The molecule has 13 heteroatoms. The number of halogens is 4. The molecule has 1 amide bonds. The Morgan fingerprint density at radius 2 is 1.97 bits per heavy atom.